The Morgan fingerprint density at radius 2 is 1.44 bits per heavy atom. The van der Waals surface area contributed by atoms with E-state index < -0.39 is 88.9 Å². The van der Waals surface area contributed by atoms with Gasteiger partial charge in [0.1, 0.15) is 10.9 Å². The van der Waals surface area contributed by atoms with Crippen LogP contribution in [0.5, 0.6) is 0 Å². The van der Waals surface area contributed by atoms with Gasteiger partial charge in [-0.3, -0.25) is 53.6 Å². The smallest absolute Gasteiger partial charge is 0.380 e. The predicted molar refractivity (Wildman–Crippen MR) is 350 cm³/mol. The van der Waals surface area contributed by atoms with Gasteiger partial charge >= 0.3 is 5.51 Å². The minimum Gasteiger partial charge on any atom is -0.380 e. The van der Waals surface area contributed by atoms with Gasteiger partial charge in [0.25, 0.3) is 37.6 Å². The molecule has 9 rings (SSSR count). The summed E-state index contributed by atoms with van der Waals surface area (Å²) < 4.78 is 126. The van der Waals surface area contributed by atoms with E-state index in [1.807, 2.05) is 35.1 Å². The monoisotopic (exact) mass is 1380 g/mol. The summed E-state index contributed by atoms with van der Waals surface area (Å²) in [4.78, 5) is 98.3. The van der Waals surface area contributed by atoms with Crippen molar-refractivity contribution in [3.63, 3.8) is 0 Å². The maximum atomic E-state index is 14.5. The third-order valence-corrected chi connectivity index (χ3v) is 22.0. The second kappa shape index (κ2) is 31.1. The van der Waals surface area contributed by atoms with Gasteiger partial charge < -0.3 is 20.4 Å². The van der Waals surface area contributed by atoms with Gasteiger partial charge in [0.2, 0.25) is 30.1 Å². The van der Waals surface area contributed by atoms with E-state index >= 15 is 0 Å². The third-order valence-electron chi connectivity index (χ3n) is 18.0. The molecule has 4 aliphatic heterocycles. The number of amides is 7. The zero-order valence-corrected chi connectivity index (χ0v) is 55.6. The van der Waals surface area contributed by atoms with Crippen molar-refractivity contribution in [3.8, 4) is 0 Å². The number of halogens is 5. The zero-order chi connectivity index (χ0) is 68.4. The third kappa shape index (κ3) is 18.3. The summed E-state index contributed by atoms with van der Waals surface area (Å²) in [5.41, 5.74) is -2.37. The number of hydrogen-bond acceptors (Lipinski definition) is 16. The number of fused-ring (bicyclic) bond motifs is 1. The first-order chi connectivity index (χ1) is 45.1. The number of nitrogens with zero attached hydrogens (tertiary/aromatic N) is 5. The number of carbonyl (C=O) groups is 7. The summed E-state index contributed by atoms with van der Waals surface area (Å²) >= 11 is 1.37. The molecule has 4 N–H and O–H groups in total. The molecule has 0 saturated carbocycles. The van der Waals surface area contributed by atoms with Crippen LogP contribution in [0.1, 0.15) is 135 Å². The van der Waals surface area contributed by atoms with Crippen LogP contribution in [0.2, 0.25) is 0 Å². The Kier molecular flexibility index (Phi) is 23.5. The Bertz CT molecular complexity index is 3800. The molecule has 20 nitrogen and oxygen atoms in total. The standard InChI is InChI=1S/C67H80F5N9O11S3/c1-44(18-26-57(68)69)52-41-66(2,3)30-28-46(52)42-78-34-36-79(37-35-78)48-21-19-45(20-22-48)62(85)76-95(91,92)50-23-24-53(56(40-50)94(89,90)67(70,71)72)73-47(43-93-49-12-7-6-8-13-49)29-31-77-32-38-80(39-33-77)60(84)17-10-5-4-9-16-58(82)74-54-15-11-14-51-61(54)65(88)81(64(51)87)55-25-27-59(83)75-63(55)86/h6-8,11-15,19-24,40,47,55,57,73H,1,4-5,9-10,16-18,25-39,41-43H2,2-3H3,(H,74,82)(H,76,85)(H,75,83,86)/t47-,55?/m1/s1. The number of unbranched alkanes of at least 4 members (excludes halogenated alkanes) is 3. The zero-order valence-electron chi connectivity index (χ0n) is 53.1. The van der Waals surface area contributed by atoms with E-state index in [9.17, 15) is 72.3 Å². The highest BCUT2D eigenvalue weighted by Gasteiger charge is 2.49. The van der Waals surface area contributed by atoms with Crippen molar-refractivity contribution in [2.75, 3.05) is 86.7 Å². The molecule has 3 fully saturated rings. The van der Waals surface area contributed by atoms with Crippen LogP contribution in [0.25, 0.3) is 0 Å². The lowest BCUT2D eigenvalue weighted by atomic mass is 9.72. The largest absolute Gasteiger partial charge is 0.501 e. The molecule has 3 saturated heterocycles. The molecule has 0 radical (unpaired) electrons. The average Bonchev–Trinajstić information content (AvgIpc) is 1.74. The lowest BCUT2D eigenvalue weighted by Crippen LogP contribution is -2.54. The molecule has 5 aliphatic rings. The number of piperidine rings is 1. The highest BCUT2D eigenvalue weighted by Crippen LogP contribution is 2.43. The van der Waals surface area contributed by atoms with Crippen LogP contribution >= 0.6 is 11.8 Å². The van der Waals surface area contributed by atoms with Crippen LogP contribution < -0.4 is 25.6 Å². The number of carbonyl (C=O) groups excluding carboxylic acids is 7. The van der Waals surface area contributed by atoms with Crippen molar-refractivity contribution in [3.05, 3.63) is 131 Å². The van der Waals surface area contributed by atoms with Gasteiger partial charge in [-0.2, -0.15) is 13.2 Å². The van der Waals surface area contributed by atoms with Gasteiger partial charge in [0, 0.05) is 119 Å². The Morgan fingerprint density at radius 1 is 0.758 bits per heavy atom. The molecule has 0 aromatic heterocycles. The number of piperazine rings is 2. The van der Waals surface area contributed by atoms with E-state index in [0.29, 0.717) is 104 Å². The first-order valence-electron chi connectivity index (χ1n) is 31.9. The highest BCUT2D eigenvalue weighted by molar-refractivity contribution is 7.99. The van der Waals surface area contributed by atoms with E-state index in [2.05, 4.69) is 51.1 Å². The summed E-state index contributed by atoms with van der Waals surface area (Å²) in [6, 6.07) is 20.2. The molecule has 1 aliphatic carbocycles. The summed E-state index contributed by atoms with van der Waals surface area (Å²) in [6.45, 7) is 14.0. The van der Waals surface area contributed by atoms with E-state index in [1.165, 1.54) is 47.7 Å². The van der Waals surface area contributed by atoms with Crippen molar-refractivity contribution in [1.29, 1.82) is 0 Å². The van der Waals surface area contributed by atoms with Crippen molar-refractivity contribution >= 4 is 90.0 Å². The lowest BCUT2D eigenvalue weighted by Gasteiger charge is -2.39. The Hall–Kier alpha value is -7.53. The Morgan fingerprint density at radius 3 is 2.12 bits per heavy atom. The number of thioether (sulfide) groups is 1. The van der Waals surface area contributed by atoms with Crippen LogP contribution in [0.3, 0.4) is 0 Å². The molecule has 4 aromatic carbocycles. The second-order valence-electron chi connectivity index (χ2n) is 25.4. The van der Waals surface area contributed by atoms with Gasteiger partial charge in [-0.05, 0) is 129 Å². The maximum absolute atomic E-state index is 14.5. The van der Waals surface area contributed by atoms with Gasteiger partial charge in [-0.25, -0.2) is 30.3 Å². The van der Waals surface area contributed by atoms with E-state index in [0.717, 1.165) is 58.0 Å². The van der Waals surface area contributed by atoms with E-state index in [1.54, 1.807) is 17.0 Å². The number of sulfonamides is 1. The highest BCUT2D eigenvalue weighted by atomic mass is 32.2. The summed E-state index contributed by atoms with van der Waals surface area (Å²) in [6.07, 6.45) is 3.18. The van der Waals surface area contributed by atoms with Crippen LogP contribution in [-0.4, -0.2) is 173 Å². The maximum Gasteiger partial charge on any atom is 0.501 e. The van der Waals surface area contributed by atoms with Crippen LogP contribution in [0.4, 0.5) is 39.0 Å². The van der Waals surface area contributed by atoms with Crippen molar-refractivity contribution in [1.82, 2.24) is 29.6 Å². The molecule has 0 spiro atoms. The molecule has 7 amide bonds. The predicted octanol–water partition coefficient (Wildman–Crippen LogP) is 9.82. The number of imide groups is 2. The summed E-state index contributed by atoms with van der Waals surface area (Å²) in [5.74, 6) is -3.96. The van der Waals surface area contributed by atoms with Crippen LogP contribution in [0.15, 0.2) is 129 Å². The molecular formula is C67H80F5N9O11S3. The molecule has 1 unspecified atom stereocenters. The fourth-order valence-corrected chi connectivity index (χ4v) is 15.6. The Labute approximate surface area is 554 Å². The number of nitrogens with one attached hydrogen (secondary N) is 4. The van der Waals surface area contributed by atoms with Gasteiger partial charge in [0.15, 0.2) is 0 Å². The number of rotatable bonds is 28. The van der Waals surface area contributed by atoms with Crippen molar-refractivity contribution < 1.29 is 72.3 Å². The molecule has 28 heteroatoms. The van der Waals surface area contributed by atoms with Crippen molar-refractivity contribution in [2.24, 2.45) is 5.41 Å². The molecule has 512 valence electrons. The second-order valence-corrected chi connectivity index (χ2v) is 30.1. The Balaban J connectivity index is 0.751. The fraction of sp³-hybridized carbons (Fsp3) is 0.478. The number of alkyl halides is 5. The minimum absolute atomic E-state index is 0.00815. The van der Waals surface area contributed by atoms with Crippen molar-refractivity contribution in [2.45, 2.75) is 142 Å². The number of benzene rings is 4. The minimum atomic E-state index is -6.19. The topological polar surface area (TPSA) is 252 Å². The average molecular weight is 1380 g/mol. The first-order valence-corrected chi connectivity index (χ1v) is 35.9. The normalized spacial score (nSPS) is 18.6. The number of allylic oxidation sites excluding steroid dienone is 2. The van der Waals surface area contributed by atoms with Gasteiger partial charge in [-0.15, -0.1) is 11.8 Å². The molecule has 2 atom stereocenters. The SMILES string of the molecule is C=C(CCC(F)F)C1=C(CN2CCN(c3ccc(C(=O)NS(=O)(=O)c4ccc(N[C@H](CCN5CCN(C(=O)CCCCCCC(=O)Nc6cccc7c6C(=O)N(C6CCC(=O)NC6=O)C7=O)CC5)CSc5ccccc5)c(S(=O)(=O)C(F)(F)F)c4)cc3)CC2)CCC(C)(C)C1. The number of hydrogen-bond donors (Lipinski definition) is 4. The number of anilines is 3. The van der Waals surface area contributed by atoms with E-state index in [-0.39, 0.29) is 83.9 Å². The first kappa shape index (κ1) is 71.8. The molecule has 4 heterocycles. The van der Waals surface area contributed by atoms with Crippen LogP contribution in [-0.2, 0) is 39.0 Å². The quantitative estimate of drug-likeness (QED) is 0.0179. The summed E-state index contributed by atoms with van der Waals surface area (Å²) in [5, 5.41) is 7.85. The lowest BCUT2D eigenvalue weighted by molar-refractivity contribution is -0.136. The molecule has 4 aromatic rings. The molecule has 95 heavy (non-hydrogen) atoms. The fourth-order valence-electron chi connectivity index (χ4n) is 12.5. The molecule has 0 bridgehead atoms. The van der Waals surface area contributed by atoms with Crippen LogP contribution in [0, 0.1) is 5.41 Å². The number of sulfone groups is 1. The summed E-state index contributed by atoms with van der Waals surface area (Å²) in [7, 11) is -11.2. The van der Waals surface area contributed by atoms with E-state index in [4.69, 9.17) is 0 Å². The molecular weight excluding hydrogens is 1300 g/mol. The van der Waals surface area contributed by atoms with Gasteiger partial charge in [-0.1, -0.05) is 68.7 Å². The van der Waals surface area contributed by atoms with Gasteiger partial charge in [0.05, 0.1) is 27.4 Å².